The predicted octanol–water partition coefficient (Wildman–Crippen LogP) is 3.35. The Morgan fingerprint density at radius 3 is 2.79 bits per heavy atom. The molecule has 3 rings (SSSR count). The summed E-state index contributed by atoms with van der Waals surface area (Å²) in [6.45, 7) is 4.23. The van der Waals surface area contributed by atoms with Crippen molar-refractivity contribution in [3.05, 3.63) is 29.8 Å². The van der Waals surface area contributed by atoms with Crippen molar-refractivity contribution in [3.63, 3.8) is 0 Å². The van der Waals surface area contributed by atoms with E-state index in [1.54, 1.807) is 6.07 Å². The number of imidazole rings is 1. The van der Waals surface area contributed by atoms with Gasteiger partial charge in [-0.25, -0.2) is 9.37 Å². The zero-order chi connectivity index (χ0) is 13.6. The Kier molecular flexibility index (Phi) is 3.05. The highest BCUT2D eigenvalue weighted by atomic mass is 19.1. The maximum atomic E-state index is 13.9. The molecule has 1 aliphatic rings. The highest BCUT2D eigenvalue weighted by Crippen LogP contribution is 2.36. The van der Waals surface area contributed by atoms with Crippen LogP contribution in [0, 0.1) is 5.82 Å². The minimum absolute atomic E-state index is 0.236. The molecule has 0 saturated heterocycles. The lowest BCUT2D eigenvalue weighted by Crippen LogP contribution is -2.16. The molecule has 3 nitrogen and oxygen atoms in total. The maximum absolute atomic E-state index is 13.9. The van der Waals surface area contributed by atoms with Crippen LogP contribution in [0.1, 0.15) is 50.9 Å². The fourth-order valence-electron chi connectivity index (χ4n) is 3.18. The number of hydrogen-bond donors (Lipinski definition) is 1. The van der Waals surface area contributed by atoms with Gasteiger partial charge >= 0.3 is 0 Å². The van der Waals surface area contributed by atoms with E-state index in [1.165, 1.54) is 6.07 Å². The van der Waals surface area contributed by atoms with Crippen molar-refractivity contribution >= 4 is 11.0 Å². The number of nitrogens with zero attached hydrogens (tertiary/aromatic N) is 2. The van der Waals surface area contributed by atoms with Crippen LogP contribution in [-0.2, 0) is 0 Å². The second-order valence-corrected chi connectivity index (χ2v) is 5.81. The molecule has 1 fully saturated rings. The predicted molar refractivity (Wildman–Crippen MR) is 74.6 cm³/mol. The monoisotopic (exact) mass is 261 g/mol. The number of fused-ring (bicyclic) bond motifs is 1. The minimum Gasteiger partial charge on any atom is -0.328 e. The summed E-state index contributed by atoms with van der Waals surface area (Å²) in [5, 5.41) is 0. The lowest BCUT2D eigenvalue weighted by atomic mass is 10.1. The van der Waals surface area contributed by atoms with Crippen LogP contribution in [-0.4, -0.2) is 15.6 Å². The first-order valence-corrected chi connectivity index (χ1v) is 7.00. The first-order chi connectivity index (χ1) is 9.08. The Hall–Kier alpha value is -1.42. The summed E-state index contributed by atoms with van der Waals surface area (Å²) in [6, 6.07) is 5.71. The van der Waals surface area contributed by atoms with Gasteiger partial charge < -0.3 is 10.3 Å². The van der Waals surface area contributed by atoms with Gasteiger partial charge in [-0.2, -0.15) is 0 Å². The van der Waals surface area contributed by atoms with Crippen LogP contribution >= 0.6 is 0 Å². The number of nitrogens with two attached hydrogens (primary N) is 1. The molecule has 1 aliphatic carbocycles. The molecule has 0 amide bonds. The molecular weight excluding hydrogens is 241 g/mol. The normalized spacial score (nSPS) is 23.6. The topological polar surface area (TPSA) is 43.8 Å². The fraction of sp³-hybridized carbons (Fsp3) is 0.533. The average Bonchev–Trinajstić information content (AvgIpc) is 2.93. The number of para-hydroxylation sites is 1. The lowest BCUT2D eigenvalue weighted by molar-refractivity contribution is 0.536. The van der Waals surface area contributed by atoms with E-state index < -0.39 is 0 Å². The van der Waals surface area contributed by atoms with Crippen LogP contribution in [0.2, 0.25) is 0 Å². The Labute approximate surface area is 112 Å². The molecule has 1 aromatic carbocycles. The van der Waals surface area contributed by atoms with E-state index in [0.717, 1.165) is 30.6 Å². The SMILES string of the molecule is CC(C)n1c([C@@H]2CC[C@H](N)C2)nc2c(F)cccc21. The van der Waals surface area contributed by atoms with E-state index in [1.807, 2.05) is 6.07 Å². The number of benzene rings is 1. The third kappa shape index (κ3) is 2.04. The second-order valence-electron chi connectivity index (χ2n) is 5.81. The number of halogens is 1. The molecule has 0 bridgehead atoms. The van der Waals surface area contributed by atoms with Gasteiger partial charge in [-0.05, 0) is 45.2 Å². The van der Waals surface area contributed by atoms with Gasteiger partial charge in [0.05, 0.1) is 5.52 Å². The van der Waals surface area contributed by atoms with Crippen LogP contribution in [0.15, 0.2) is 18.2 Å². The Bertz CT molecular complexity index is 603. The summed E-state index contributed by atoms with van der Waals surface area (Å²) < 4.78 is 16.1. The summed E-state index contributed by atoms with van der Waals surface area (Å²) in [4.78, 5) is 4.58. The molecule has 2 atom stereocenters. The zero-order valence-corrected chi connectivity index (χ0v) is 11.4. The molecule has 0 aliphatic heterocycles. The van der Waals surface area contributed by atoms with E-state index in [0.29, 0.717) is 11.4 Å². The second kappa shape index (κ2) is 4.60. The van der Waals surface area contributed by atoms with E-state index in [9.17, 15) is 4.39 Å². The average molecular weight is 261 g/mol. The zero-order valence-electron chi connectivity index (χ0n) is 11.4. The van der Waals surface area contributed by atoms with Gasteiger partial charge in [0.15, 0.2) is 5.82 Å². The van der Waals surface area contributed by atoms with E-state index in [-0.39, 0.29) is 17.9 Å². The molecule has 1 aromatic heterocycles. The minimum atomic E-state index is -0.236. The van der Waals surface area contributed by atoms with E-state index in [2.05, 4.69) is 23.4 Å². The third-order valence-corrected chi connectivity index (χ3v) is 4.05. The molecule has 0 unspecified atom stereocenters. The van der Waals surface area contributed by atoms with Gasteiger partial charge in [0, 0.05) is 18.0 Å². The molecule has 102 valence electrons. The highest BCUT2D eigenvalue weighted by molar-refractivity contribution is 5.77. The first kappa shape index (κ1) is 12.6. The largest absolute Gasteiger partial charge is 0.328 e. The van der Waals surface area contributed by atoms with Gasteiger partial charge in [-0.15, -0.1) is 0 Å². The molecule has 2 aromatic rings. The molecule has 0 spiro atoms. The van der Waals surface area contributed by atoms with Gasteiger partial charge in [0.2, 0.25) is 0 Å². The summed E-state index contributed by atoms with van der Waals surface area (Å²) in [7, 11) is 0. The van der Waals surface area contributed by atoms with Gasteiger partial charge in [0.25, 0.3) is 0 Å². The van der Waals surface area contributed by atoms with Crippen molar-refractivity contribution in [2.75, 3.05) is 0 Å². The maximum Gasteiger partial charge on any atom is 0.151 e. The van der Waals surface area contributed by atoms with Crippen LogP contribution in [0.25, 0.3) is 11.0 Å². The van der Waals surface area contributed by atoms with Crippen LogP contribution in [0.4, 0.5) is 4.39 Å². The Morgan fingerprint density at radius 1 is 1.37 bits per heavy atom. The standard InChI is InChI=1S/C15H20FN3/c1-9(2)19-13-5-3-4-12(16)14(13)18-15(19)10-6-7-11(17)8-10/h3-5,9-11H,6-8,17H2,1-2H3/t10-,11+/m1/s1. The van der Waals surface area contributed by atoms with E-state index >= 15 is 0 Å². The Morgan fingerprint density at radius 2 is 2.16 bits per heavy atom. The van der Waals surface area contributed by atoms with Crippen LogP contribution < -0.4 is 5.73 Å². The highest BCUT2D eigenvalue weighted by Gasteiger charge is 2.29. The number of aromatic nitrogens is 2. The van der Waals surface area contributed by atoms with Crippen molar-refractivity contribution in [3.8, 4) is 0 Å². The quantitative estimate of drug-likeness (QED) is 0.901. The fourth-order valence-corrected chi connectivity index (χ4v) is 3.18. The Balaban J connectivity index is 2.18. The van der Waals surface area contributed by atoms with Crippen molar-refractivity contribution in [1.82, 2.24) is 9.55 Å². The van der Waals surface area contributed by atoms with Crippen molar-refractivity contribution in [2.24, 2.45) is 5.73 Å². The first-order valence-electron chi connectivity index (χ1n) is 7.00. The van der Waals surface area contributed by atoms with Gasteiger partial charge in [-0.3, -0.25) is 0 Å². The summed E-state index contributed by atoms with van der Waals surface area (Å²) in [6.07, 6.45) is 3.05. The molecule has 19 heavy (non-hydrogen) atoms. The number of hydrogen-bond acceptors (Lipinski definition) is 2. The lowest BCUT2D eigenvalue weighted by Gasteiger charge is -2.17. The molecule has 0 radical (unpaired) electrons. The molecule has 1 saturated carbocycles. The van der Waals surface area contributed by atoms with Crippen LogP contribution in [0.3, 0.4) is 0 Å². The molecule has 4 heteroatoms. The van der Waals surface area contributed by atoms with Crippen LogP contribution in [0.5, 0.6) is 0 Å². The van der Waals surface area contributed by atoms with Crippen molar-refractivity contribution < 1.29 is 4.39 Å². The molecule has 1 heterocycles. The third-order valence-electron chi connectivity index (χ3n) is 4.05. The van der Waals surface area contributed by atoms with Crippen molar-refractivity contribution in [1.29, 1.82) is 0 Å². The summed E-state index contributed by atoms with van der Waals surface area (Å²) in [5.74, 6) is 1.13. The van der Waals surface area contributed by atoms with E-state index in [4.69, 9.17) is 5.73 Å². The summed E-state index contributed by atoms with van der Waals surface area (Å²) >= 11 is 0. The summed E-state index contributed by atoms with van der Waals surface area (Å²) in [5.41, 5.74) is 7.39. The van der Waals surface area contributed by atoms with Crippen molar-refractivity contribution in [2.45, 2.75) is 51.1 Å². The molecule has 2 N–H and O–H groups in total. The number of rotatable bonds is 2. The van der Waals surface area contributed by atoms with Gasteiger partial charge in [-0.1, -0.05) is 6.07 Å². The van der Waals surface area contributed by atoms with Gasteiger partial charge in [0.1, 0.15) is 11.3 Å². The smallest absolute Gasteiger partial charge is 0.151 e. The molecular formula is C15H20FN3.